The quantitative estimate of drug-likeness (QED) is 0.626. The van der Waals surface area contributed by atoms with Crippen LogP contribution in [0, 0.1) is 0 Å². The van der Waals surface area contributed by atoms with Crippen molar-refractivity contribution in [1.29, 1.82) is 0 Å². The number of para-hydroxylation sites is 1. The first kappa shape index (κ1) is 18.6. The van der Waals surface area contributed by atoms with E-state index in [4.69, 9.17) is 9.15 Å². The lowest BCUT2D eigenvalue weighted by molar-refractivity contribution is -0.123. The molecule has 0 aliphatic heterocycles. The number of carbonyl (C=O) groups excluding carboxylic acids is 1. The van der Waals surface area contributed by atoms with E-state index in [0.717, 1.165) is 0 Å². The summed E-state index contributed by atoms with van der Waals surface area (Å²) in [5.74, 6) is -0.0765. The van der Waals surface area contributed by atoms with Crippen molar-refractivity contribution in [2.24, 2.45) is 0 Å². The van der Waals surface area contributed by atoms with Gasteiger partial charge < -0.3 is 14.5 Å². The van der Waals surface area contributed by atoms with Crippen molar-refractivity contribution in [3.8, 4) is 5.75 Å². The van der Waals surface area contributed by atoms with E-state index in [1.807, 2.05) is 6.07 Å². The molecule has 3 aromatic rings. The highest BCUT2D eigenvalue weighted by Crippen LogP contribution is 2.15. The van der Waals surface area contributed by atoms with Gasteiger partial charge in [-0.2, -0.15) is 0 Å². The molecule has 0 bridgehead atoms. The monoisotopic (exact) mass is 387 g/mol. The Morgan fingerprint density at radius 3 is 2.37 bits per heavy atom. The molecule has 0 aliphatic carbocycles. The van der Waals surface area contributed by atoms with Gasteiger partial charge in [0.15, 0.2) is 6.61 Å². The molecule has 2 aromatic carbocycles. The highest BCUT2D eigenvalue weighted by Gasteiger charge is 2.23. The van der Waals surface area contributed by atoms with Gasteiger partial charge in [0.1, 0.15) is 5.75 Å². The molecule has 0 saturated carbocycles. The Kier molecular flexibility index (Phi) is 5.82. The molecule has 1 aromatic heterocycles. The zero-order valence-electron chi connectivity index (χ0n) is 14.2. The van der Waals surface area contributed by atoms with Crippen molar-refractivity contribution >= 4 is 15.7 Å². The molecule has 9 heteroatoms. The van der Waals surface area contributed by atoms with E-state index in [1.165, 1.54) is 0 Å². The van der Waals surface area contributed by atoms with Crippen molar-refractivity contribution in [2.75, 3.05) is 6.61 Å². The molecule has 1 N–H and O–H groups in total. The minimum absolute atomic E-state index is 0.00491. The number of nitrogens with one attached hydrogen (secondary N) is 1. The Morgan fingerprint density at radius 2 is 1.67 bits per heavy atom. The molecule has 0 saturated heterocycles. The first-order valence-electron chi connectivity index (χ1n) is 8.06. The molecule has 1 amide bonds. The van der Waals surface area contributed by atoms with Gasteiger partial charge >= 0.3 is 5.22 Å². The minimum atomic E-state index is -3.75. The molecular formula is C18H17N3O5S. The zero-order chi connectivity index (χ0) is 19.1. The van der Waals surface area contributed by atoms with Crippen LogP contribution in [0.25, 0.3) is 0 Å². The number of sulfone groups is 1. The van der Waals surface area contributed by atoms with E-state index in [9.17, 15) is 13.2 Å². The van der Waals surface area contributed by atoms with E-state index in [1.54, 1.807) is 54.6 Å². The molecule has 0 spiro atoms. The summed E-state index contributed by atoms with van der Waals surface area (Å²) < 4.78 is 35.1. The predicted molar refractivity (Wildman–Crippen MR) is 95.4 cm³/mol. The van der Waals surface area contributed by atoms with Gasteiger partial charge in [0.25, 0.3) is 5.91 Å². The summed E-state index contributed by atoms with van der Waals surface area (Å²) in [5, 5.41) is 9.28. The van der Waals surface area contributed by atoms with Crippen LogP contribution in [-0.4, -0.2) is 31.1 Å². The average molecular weight is 387 g/mol. The Morgan fingerprint density at radius 1 is 1.00 bits per heavy atom. The van der Waals surface area contributed by atoms with E-state index in [-0.39, 0.29) is 24.8 Å². The number of rotatable bonds is 8. The van der Waals surface area contributed by atoms with Gasteiger partial charge in [-0.15, -0.1) is 5.10 Å². The van der Waals surface area contributed by atoms with Crippen LogP contribution in [0.4, 0.5) is 0 Å². The average Bonchev–Trinajstić information content (AvgIpc) is 3.16. The van der Waals surface area contributed by atoms with Gasteiger partial charge in [0.05, 0.1) is 12.3 Å². The van der Waals surface area contributed by atoms with Crippen LogP contribution in [-0.2, 0) is 26.9 Å². The maximum atomic E-state index is 12.3. The van der Waals surface area contributed by atoms with Crippen LogP contribution >= 0.6 is 0 Å². The Hall–Kier alpha value is -3.20. The summed E-state index contributed by atoms with van der Waals surface area (Å²) in [6.07, 6.45) is 0. The summed E-state index contributed by atoms with van der Waals surface area (Å²) in [4.78, 5) is 11.8. The number of aromatic nitrogens is 2. The summed E-state index contributed by atoms with van der Waals surface area (Å²) in [5.41, 5.74) is 0.614. The van der Waals surface area contributed by atoms with E-state index < -0.39 is 21.0 Å². The molecule has 3 rings (SSSR count). The van der Waals surface area contributed by atoms with Crippen LogP contribution in [0.15, 0.2) is 70.3 Å². The molecule has 8 nitrogen and oxygen atoms in total. The fourth-order valence-electron chi connectivity index (χ4n) is 2.18. The van der Waals surface area contributed by atoms with E-state index >= 15 is 0 Å². The van der Waals surface area contributed by atoms with Crippen molar-refractivity contribution in [1.82, 2.24) is 15.5 Å². The standard InChI is InChI=1S/C18H17N3O5S/c22-16(12-25-15-9-5-2-6-10-15)19-11-17-20-21-18(26-17)27(23,24)13-14-7-3-1-4-8-14/h1-10H,11-13H2,(H,19,22). The maximum absolute atomic E-state index is 12.3. The first-order chi connectivity index (χ1) is 13.0. The second-order valence-corrected chi connectivity index (χ2v) is 7.45. The third kappa shape index (κ3) is 5.38. The predicted octanol–water partition coefficient (Wildman–Crippen LogP) is 1.74. The highest BCUT2D eigenvalue weighted by atomic mass is 32.2. The van der Waals surface area contributed by atoms with Gasteiger partial charge in [-0.3, -0.25) is 4.79 Å². The Bertz CT molecular complexity index is 988. The summed E-state index contributed by atoms with van der Waals surface area (Å²) in [6.45, 7) is -0.276. The van der Waals surface area contributed by atoms with Gasteiger partial charge in [-0.1, -0.05) is 53.6 Å². The number of nitrogens with zero attached hydrogens (tertiary/aromatic N) is 2. The topological polar surface area (TPSA) is 111 Å². The minimum Gasteiger partial charge on any atom is -0.484 e. The number of hydrogen-bond donors (Lipinski definition) is 1. The maximum Gasteiger partial charge on any atom is 0.335 e. The molecule has 0 unspecified atom stereocenters. The van der Waals surface area contributed by atoms with E-state index in [2.05, 4.69) is 15.5 Å². The lowest BCUT2D eigenvalue weighted by Gasteiger charge is -2.05. The van der Waals surface area contributed by atoms with Gasteiger partial charge in [0, 0.05) is 0 Å². The van der Waals surface area contributed by atoms with Crippen LogP contribution in [0.3, 0.4) is 0 Å². The fourth-order valence-corrected chi connectivity index (χ4v) is 3.32. The molecule has 0 fully saturated rings. The molecule has 0 atom stereocenters. The largest absolute Gasteiger partial charge is 0.484 e. The Balaban J connectivity index is 1.52. The molecule has 0 aliphatic rings. The number of carbonyl (C=O) groups is 1. The number of ether oxygens (including phenoxy) is 1. The van der Waals surface area contributed by atoms with Gasteiger partial charge in [0.2, 0.25) is 15.7 Å². The molecular weight excluding hydrogens is 370 g/mol. The van der Waals surface area contributed by atoms with Crippen LogP contribution in [0.2, 0.25) is 0 Å². The lowest BCUT2D eigenvalue weighted by atomic mass is 10.2. The number of amides is 1. The second kappa shape index (κ2) is 8.45. The van der Waals surface area contributed by atoms with Crippen LogP contribution in [0.5, 0.6) is 5.75 Å². The van der Waals surface area contributed by atoms with Gasteiger partial charge in [-0.25, -0.2) is 8.42 Å². The molecule has 140 valence electrons. The summed E-state index contributed by atoms with van der Waals surface area (Å²) in [7, 11) is -3.75. The lowest BCUT2D eigenvalue weighted by Crippen LogP contribution is -2.28. The number of benzene rings is 2. The van der Waals surface area contributed by atoms with Crippen LogP contribution < -0.4 is 10.1 Å². The second-order valence-electron chi connectivity index (χ2n) is 5.58. The third-order valence-electron chi connectivity index (χ3n) is 3.46. The summed E-state index contributed by atoms with van der Waals surface area (Å²) in [6, 6.07) is 17.6. The van der Waals surface area contributed by atoms with E-state index in [0.29, 0.717) is 11.3 Å². The molecule has 27 heavy (non-hydrogen) atoms. The molecule has 1 heterocycles. The van der Waals surface area contributed by atoms with Crippen LogP contribution in [0.1, 0.15) is 11.5 Å². The highest BCUT2D eigenvalue weighted by molar-refractivity contribution is 7.90. The third-order valence-corrected chi connectivity index (χ3v) is 4.87. The smallest absolute Gasteiger partial charge is 0.335 e. The fraction of sp³-hybridized carbons (Fsp3) is 0.167. The SMILES string of the molecule is O=C(COc1ccccc1)NCc1nnc(S(=O)(=O)Cc2ccccc2)o1. The normalized spacial score (nSPS) is 11.1. The number of hydrogen-bond acceptors (Lipinski definition) is 7. The van der Waals surface area contributed by atoms with Crippen molar-refractivity contribution in [3.05, 3.63) is 72.1 Å². The van der Waals surface area contributed by atoms with Crippen molar-refractivity contribution in [2.45, 2.75) is 17.5 Å². The Labute approximate surface area is 156 Å². The molecule has 0 radical (unpaired) electrons. The first-order valence-corrected chi connectivity index (χ1v) is 9.72. The summed E-state index contributed by atoms with van der Waals surface area (Å²) >= 11 is 0. The van der Waals surface area contributed by atoms with Crippen molar-refractivity contribution in [3.63, 3.8) is 0 Å². The zero-order valence-corrected chi connectivity index (χ0v) is 15.1. The van der Waals surface area contributed by atoms with Gasteiger partial charge in [-0.05, 0) is 17.7 Å². The van der Waals surface area contributed by atoms with Crippen molar-refractivity contribution < 1.29 is 22.4 Å².